The van der Waals surface area contributed by atoms with Crippen molar-refractivity contribution in [1.82, 2.24) is 19.7 Å². The Balaban J connectivity index is 1.66. The molecule has 0 unspecified atom stereocenters. The van der Waals surface area contributed by atoms with Crippen LogP contribution in [-0.4, -0.2) is 46.1 Å². The molecule has 0 aliphatic carbocycles. The number of morpholine rings is 1. The lowest BCUT2D eigenvalue weighted by Crippen LogP contribution is -2.37. The molecule has 1 saturated heterocycles. The van der Waals surface area contributed by atoms with Gasteiger partial charge in [0.1, 0.15) is 5.82 Å². The van der Waals surface area contributed by atoms with E-state index in [2.05, 4.69) is 46.5 Å². The highest BCUT2D eigenvalue weighted by atomic mass is 16.5. The van der Waals surface area contributed by atoms with E-state index in [1.54, 1.807) is 4.68 Å². The Bertz CT molecular complexity index is 884. The van der Waals surface area contributed by atoms with Gasteiger partial charge in [-0.15, -0.1) is 0 Å². The predicted octanol–water partition coefficient (Wildman–Crippen LogP) is 2.12. The highest BCUT2D eigenvalue weighted by molar-refractivity contribution is 5.87. The van der Waals surface area contributed by atoms with Gasteiger partial charge in [-0.25, -0.2) is 0 Å². The number of aryl methyl sites for hydroxylation is 2. The van der Waals surface area contributed by atoms with E-state index in [0.29, 0.717) is 19.8 Å². The van der Waals surface area contributed by atoms with E-state index in [-0.39, 0.29) is 0 Å². The molecule has 1 aliphatic rings. The Morgan fingerprint density at radius 2 is 2.04 bits per heavy atom. The van der Waals surface area contributed by atoms with Crippen LogP contribution < -0.4 is 10.2 Å². The fraction of sp³-hybridized carbons (Fsp3) is 0.389. The Labute approximate surface area is 146 Å². The van der Waals surface area contributed by atoms with Crippen LogP contribution in [0.3, 0.4) is 0 Å². The third-order valence-electron chi connectivity index (χ3n) is 4.42. The second-order valence-corrected chi connectivity index (χ2v) is 6.32. The summed E-state index contributed by atoms with van der Waals surface area (Å²) in [6, 6.07) is 8.47. The summed E-state index contributed by atoms with van der Waals surface area (Å²) >= 11 is 0. The highest BCUT2D eigenvalue weighted by Gasteiger charge is 2.18. The van der Waals surface area contributed by atoms with E-state index in [4.69, 9.17) is 14.7 Å². The van der Waals surface area contributed by atoms with Crippen molar-refractivity contribution in [3.8, 4) is 0 Å². The molecule has 1 aromatic carbocycles. The van der Waals surface area contributed by atoms with E-state index in [9.17, 15) is 0 Å². The number of anilines is 2. The van der Waals surface area contributed by atoms with E-state index >= 15 is 0 Å². The number of hydrogen-bond acceptors (Lipinski definition) is 6. The van der Waals surface area contributed by atoms with Crippen molar-refractivity contribution in [2.45, 2.75) is 13.5 Å². The van der Waals surface area contributed by atoms with Crippen LogP contribution in [0.2, 0.25) is 0 Å². The van der Waals surface area contributed by atoms with Gasteiger partial charge < -0.3 is 15.0 Å². The predicted molar refractivity (Wildman–Crippen MR) is 97.8 cm³/mol. The molecular weight excluding hydrogens is 316 g/mol. The van der Waals surface area contributed by atoms with Gasteiger partial charge in [0, 0.05) is 26.7 Å². The van der Waals surface area contributed by atoms with Crippen LogP contribution in [0.1, 0.15) is 11.1 Å². The smallest absolute Gasteiger partial charge is 0.229 e. The number of aromatic nitrogens is 4. The Morgan fingerprint density at radius 3 is 2.84 bits per heavy atom. The number of benzene rings is 1. The molecule has 3 heterocycles. The molecule has 1 fully saturated rings. The molecule has 0 spiro atoms. The van der Waals surface area contributed by atoms with Gasteiger partial charge in [0.05, 0.1) is 24.8 Å². The zero-order valence-corrected chi connectivity index (χ0v) is 14.6. The number of fused-ring (bicyclic) bond motifs is 1. The first-order valence-electron chi connectivity index (χ1n) is 8.52. The average molecular weight is 338 g/mol. The average Bonchev–Trinajstić information content (AvgIpc) is 3.02. The van der Waals surface area contributed by atoms with Gasteiger partial charge in [0.15, 0.2) is 5.65 Å². The summed E-state index contributed by atoms with van der Waals surface area (Å²) in [4.78, 5) is 11.6. The van der Waals surface area contributed by atoms with E-state index in [1.165, 1.54) is 11.1 Å². The zero-order chi connectivity index (χ0) is 17.2. The normalized spacial score (nSPS) is 14.9. The molecule has 7 heteroatoms. The van der Waals surface area contributed by atoms with Crippen molar-refractivity contribution in [3.05, 3.63) is 41.6 Å². The molecule has 0 atom stereocenters. The van der Waals surface area contributed by atoms with Crippen molar-refractivity contribution in [2.75, 3.05) is 36.5 Å². The molecule has 1 N–H and O–H groups in total. The van der Waals surface area contributed by atoms with Crippen molar-refractivity contribution >= 4 is 22.8 Å². The molecule has 7 nitrogen and oxygen atoms in total. The van der Waals surface area contributed by atoms with E-state index < -0.39 is 0 Å². The SMILES string of the molecule is Cc1cccc(CNc2nc(N3CCOCC3)nc3c2cnn3C)c1. The first-order chi connectivity index (χ1) is 12.2. The van der Waals surface area contributed by atoms with Crippen molar-refractivity contribution in [3.63, 3.8) is 0 Å². The van der Waals surface area contributed by atoms with Crippen molar-refractivity contribution in [1.29, 1.82) is 0 Å². The molecule has 130 valence electrons. The molecule has 25 heavy (non-hydrogen) atoms. The molecular formula is C18H22N6O. The summed E-state index contributed by atoms with van der Waals surface area (Å²) < 4.78 is 7.22. The maximum Gasteiger partial charge on any atom is 0.229 e. The van der Waals surface area contributed by atoms with Gasteiger partial charge >= 0.3 is 0 Å². The fourth-order valence-corrected chi connectivity index (χ4v) is 3.06. The summed E-state index contributed by atoms with van der Waals surface area (Å²) in [6.07, 6.45) is 1.82. The minimum Gasteiger partial charge on any atom is -0.378 e. The molecule has 0 radical (unpaired) electrons. The third-order valence-corrected chi connectivity index (χ3v) is 4.42. The third kappa shape index (κ3) is 3.28. The van der Waals surface area contributed by atoms with Crippen molar-refractivity contribution < 1.29 is 4.74 Å². The van der Waals surface area contributed by atoms with Gasteiger partial charge in [-0.1, -0.05) is 29.8 Å². The molecule has 0 saturated carbocycles. The maximum atomic E-state index is 5.43. The van der Waals surface area contributed by atoms with Gasteiger partial charge in [-0.2, -0.15) is 15.1 Å². The topological polar surface area (TPSA) is 68.1 Å². The lowest BCUT2D eigenvalue weighted by Gasteiger charge is -2.27. The minimum atomic E-state index is 0.707. The van der Waals surface area contributed by atoms with E-state index in [1.807, 2.05) is 13.2 Å². The monoisotopic (exact) mass is 338 g/mol. The molecule has 4 rings (SSSR count). The Morgan fingerprint density at radius 1 is 1.20 bits per heavy atom. The number of hydrogen-bond donors (Lipinski definition) is 1. The maximum absolute atomic E-state index is 5.43. The van der Waals surface area contributed by atoms with Crippen LogP contribution in [0.5, 0.6) is 0 Å². The summed E-state index contributed by atoms with van der Waals surface area (Å²) in [5, 5.41) is 8.74. The summed E-state index contributed by atoms with van der Waals surface area (Å²) in [5.74, 6) is 1.55. The van der Waals surface area contributed by atoms with Crippen LogP contribution in [0, 0.1) is 6.92 Å². The van der Waals surface area contributed by atoms with Crippen LogP contribution in [0.15, 0.2) is 30.5 Å². The first kappa shape index (κ1) is 15.8. The fourth-order valence-electron chi connectivity index (χ4n) is 3.06. The van der Waals surface area contributed by atoms with Crippen LogP contribution in [0.25, 0.3) is 11.0 Å². The molecule has 0 amide bonds. The van der Waals surface area contributed by atoms with Crippen LogP contribution >= 0.6 is 0 Å². The van der Waals surface area contributed by atoms with Crippen LogP contribution in [0.4, 0.5) is 11.8 Å². The standard InChI is InChI=1S/C18H22N6O/c1-13-4-3-5-14(10-13)11-19-16-15-12-20-23(2)17(15)22-18(21-16)24-6-8-25-9-7-24/h3-5,10,12H,6-9,11H2,1-2H3,(H,19,21,22). The van der Waals surface area contributed by atoms with Gasteiger partial charge in [-0.3, -0.25) is 4.68 Å². The zero-order valence-electron chi connectivity index (χ0n) is 14.6. The Hall–Kier alpha value is -2.67. The van der Waals surface area contributed by atoms with Crippen molar-refractivity contribution in [2.24, 2.45) is 7.05 Å². The molecule has 0 bridgehead atoms. The number of nitrogens with one attached hydrogen (secondary N) is 1. The number of nitrogens with zero attached hydrogens (tertiary/aromatic N) is 5. The lowest BCUT2D eigenvalue weighted by molar-refractivity contribution is 0.122. The second-order valence-electron chi connectivity index (χ2n) is 6.32. The lowest BCUT2D eigenvalue weighted by atomic mass is 10.1. The van der Waals surface area contributed by atoms with Crippen LogP contribution in [-0.2, 0) is 18.3 Å². The Kier molecular flexibility index (Phi) is 4.23. The second kappa shape index (κ2) is 6.68. The van der Waals surface area contributed by atoms with Gasteiger partial charge in [0.2, 0.25) is 5.95 Å². The largest absolute Gasteiger partial charge is 0.378 e. The number of rotatable bonds is 4. The first-order valence-corrected chi connectivity index (χ1v) is 8.52. The highest BCUT2D eigenvalue weighted by Crippen LogP contribution is 2.24. The quantitative estimate of drug-likeness (QED) is 0.786. The number of ether oxygens (including phenoxy) is 1. The molecule has 3 aromatic rings. The summed E-state index contributed by atoms with van der Waals surface area (Å²) in [7, 11) is 1.91. The van der Waals surface area contributed by atoms with E-state index in [0.717, 1.165) is 35.9 Å². The molecule has 1 aliphatic heterocycles. The summed E-state index contributed by atoms with van der Waals surface area (Å²) in [6.45, 7) is 5.84. The molecule has 2 aromatic heterocycles. The van der Waals surface area contributed by atoms with Gasteiger partial charge in [0.25, 0.3) is 0 Å². The minimum absolute atomic E-state index is 0.707. The summed E-state index contributed by atoms with van der Waals surface area (Å²) in [5.41, 5.74) is 3.31. The van der Waals surface area contributed by atoms with Gasteiger partial charge in [-0.05, 0) is 12.5 Å².